The van der Waals surface area contributed by atoms with Crippen molar-refractivity contribution in [3.05, 3.63) is 0 Å². The van der Waals surface area contributed by atoms with Crippen molar-refractivity contribution in [3.8, 4) is 0 Å². The Balaban J connectivity index is 1.99. The number of halogens is 3. The van der Waals surface area contributed by atoms with Gasteiger partial charge in [0.1, 0.15) is 0 Å². The number of nitrogens with zero attached hydrogens (tertiary/aromatic N) is 2. The van der Waals surface area contributed by atoms with Gasteiger partial charge >= 0.3 is 6.30 Å². The topological polar surface area (TPSA) is 23.6 Å². The molecule has 0 saturated carbocycles. The molecule has 0 aromatic carbocycles. The van der Waals surface area contributed by atoms with E-state index in [1.54, 1.807) is 4.90 Å². The first kappa shape index (κ1) is 12.7. The molecule has 17 heavy (non-hydrogen) atoms. The Morgan fingerprint density at radius 1 is 1.12 bits per heavy atom. The lowest BCUT2D eigenvalue weighted by Gasteiger charge is -2.41. The summed E-state index contributed by atoms with van der Waals surface area (Å²) in [5, 5.41) is 0. The summed E-state index contributed by atoms with van der Waals surface area (Å²) in [5.74, 6) is 0.0188. The van der Waals surface area contributed by atoms with Crippen LogP contribution in [0.25, 0.3) is 0 Å². The molecule has 6 heteroatoms. The van der Waals surface area contributed by atoms with Crippen LogP contribution in [0.2, 0.25) is 0 Å². The van der Waals surface area contributed by atoms with Gasteiger partial charge in [-0.2, -0.15) is 13.2 Å². The first-order valence-electron chi connectivity index (χ1n) is 6.10. The van der Waals surface area contributed by atoms with Gasteiger partial charge in [0, 0.05) is 32.1 Å². The average molecular weight is 250 g/mol. The Labute approximate surface area is 98.6 Å². The predicted molar refractivity (Wildman–Crippen MR) is 56.2 cm³/mol. The van der Waals surface area contributed by atoms with E-state index in [2.05, 4.69) is 0 Å². The fraction of sp³-hybridized carbons (Fsp3) is 0.909. The monoisotopic (exact) mass is 250 g/mol. The highest BCUT2D eigenvalue weighted by atomic mass is 19.4. The molecular weight excluding hydrogens is 233 g/mol. The first-order valence-corrected chi connectivity index (χ1v) is 6.10. The summed E-state index contributed by atoms with van der Waals surface area (Å²) < 4.78 is 37.8. The second-order valence-electron chi connectivity index (χ2n) is 4.75. The maximum absolute atomic E-state index is 12.6. The van der Waals surface area contributed by atoms with Gasteiger partial charge in [0.15, 0.2) is 0 Å². The van der Waals surface area contributed by atoms with Crippen LogP contribution in [0.4, 0.5) is 13.2 Å². The van der Waals surface area contributed by atoms with Crippen molar-refractivity contribution in [1.82, 2.24) is 9.80 Å². The Hall–Kier alpha value is -0.780. The number of likely N-dealkylation sites (tertiary alicyclic amines) is 2. The highest BCUT2D eigenvalue weighted by Crippen LogP contribution is 2.28. The third-order valence-corrected chi connectivity index (χ3v) is 3.56. The molecule has 0 aromatic rings. The van der Waals surface area contributed by atoms with Gasteiger partial charge in [-0.25, -0.2) is 4.90 Å². The molecule has 0 N–H and O–H groups in total. The first-order chi connectivity index (χ1) is 7.98. The van der Waals surface area contributed by atoms with E-state index in [9.17, 15) is 18.0 Å². The van der Waals surface area contributed by atoms with E-state index in [4.69, 9.17) is 0 Å². The van der Waals surface area contributed by atoms with Crippen molar-refractivity contribution >= 4 is 5.91 Å². The summed E-state index contributed by atoms with van der Waals surface area (Å²) in [6.45, 7) is 0.618. The van der Waals surface area contributed by atoms with Gasteiger partial charge in [-0.3, -0.25) is 4.79 Å². The van der Waals surface area contributed by atoms with E-state index in [0.717, 1.165) is 12.8 Å². The second-order valence-corrected chi connectivity index (χ2v) is 4.75. The minimum atomic E-state index is -4.27. The summed E-state index contributed by atoms with van der Waals surface area (Å²) in [7, 11) is 0. The lowest BCUT2D eigenvalue weighted by Crippen LogP contribution is -2.54. The lowest BCUT2D eigenvalue weighted by atomic mass is 10.0. The average Bonchev–Trinajstić information content (AvgIpc) is 2.29. The van der Waals surface area contributed by atoms with Crippen molar-refractivity contribution in [3.63, 3.8) is 0 Å². The van der Waals surface area contributed by atoms with E-state index in [1.165, 1.54) is 0 Å². The van der Waals surface area contributed by atoms with Crippen molar-refractivity contribution in [1.29, 1.82) is 0 Å². The zero-order chi connectivity index (χ0) is 12.5. The summed E-state index contributed by atoms with van der Waals surface area (Å²) in [5.41, 5.74) is 0. The van der Waals surface area contributed by atoms with Crippen LogP contribution >= 0.6 is 0 Å². The minimum Gasteiger partial charge on any atom is -0.338 e. The fourth-order valence-corrected chi connectivity index (χ4v) is 2.65. The standard InChI is InChI=1S/C11H17F3N2O/c12-11(13,14)15-6-3-4-9(8-15)16-7-2-1-5-10(16)17/h9H,1-8H2. The van der Waals surface area contributed by atoms with Crippen LogP contribution in [-0.2, 0) is 4.79 Å². The van der Waals surface area contributed by atoms with Gasteiger partial charge < -0.3 is 4.90 Å². The largest absolute Gasteiger partial charge is 0.459 e. The van der Waals surface area contributed by atoms with Crippen molar-refractivity contribution < 1.29 is 18.0 Å². The van der Waals surface area contributed by atoms with Crippen LogP contribution in [0.15, 0.2) is 0 Å². The van der Waals surface area contributed by atoms with Gasteiger partial charge in [0.05, 0.1) is 0 Å². The third kappa shape index (κ3) is 2.91. The van der Waals surface area contributed by atoms with E-state index >= 15 is 0 Å². The molecule has 2 saturated heterocycles. The third-order valence-electron chi connectivity index (χ3n) is 3.56. The van der Waals surface area contributed by atoms with E-state index in [1.807, 2.05) is 0 Å². The maximum Gasteiger partial charge on any atom is 0.459 e. The minimum absolute atomic E-state index is 0.0188. The maximum atomic E-state index is 12.6. The molecule has 1 unspecified atom stereocenters. The number of carbonyl (C=O) groups is 1. The normalized spacial score (nSPS) is 28.5. The van der Waals surface area contributed by atoms with Gasteiger partial charge in [-0.15, -0.1) is 0 Å². The predicted octanol–water partition coefficient (Wildman–Crippen LogP) is 1.98. The van der Waals surface area contributed by atoms with Crippen LogP contribution < -0.4 is 0 Å². The van der Waals surface area contributed by atoms with Crippen LogP contribution in [0.1, 0.15) is 32.1 Å². The highest BCUT2D eigenvalue weighted by Gasteiger charge is 2.41. The molecule has 0 aromatic heterocycles. The van der Waals surface area contributed by atoms with Crippen LogP contribution in [0.3, 0.4) is 0 Å². The van der Waals surface area contributed by atoms with Gasteiger partial charge in [-0.1, -0.05) is 0 Å². The molecule has 0 aliphatic carbocycles. The molecule has 0 bridgehead atoms. The zero-order valence-electron chi connectivity index (χ0n) is 9.67. The van der Waals surface area contributed by atoms with Crippen molar-refractivity contribution in [2.24, 2.45) is 0 Å². The number of carbonyl (C=O) groups excluding carboxylic acids is 1. The number of alkyl halides is 3. The Bertz CT molecular complexity index is 293. The van der Waals surface area contributed by atoms with Crippen LogP contribution in [-0.4, -0.2) is 47.7 Å². The van der Waals surface area contributed by atoms with Gasteiger partial charge in [0.2, 0.25) is 5.91 Å². The van der Waals surface area contributed by atoms with E-state index < -0.39 is 6.30 Å². The summed E-state index contributed by atoms with van der Waals surface area (Å²) >= 11 is 0. The summed E-state index contributed by atoms with van der Waals surface area (Å²) in [6, 6.07) is -0.252. The second kappa shape index (κ2) is 4.84. The molecule has 3 nitrogen and oxygen atoms in total. The SMILES string of the molecule is O=C1CCCCN1C1CCCN(C(F)(F)F)C1. The van der Waals surface area contributed by atoms with Crippen molar-refractivity contribution in [2.45, 2.75) is 44.4 Å². The van der Waals surface area contributed by atoms with E-state index in [0.29, 0.717) is 30.7 Å². The Morgan fingerprint density at radius 2 is 1.88 bits per heavy atom. The zero-order valence-corrected chi connectivity index (χ0v) is 9.67. The van der Waals surface area contributed by atoms with Gasteiger partial charge in [0.25, 0.3) is 0 Å². The number of rotatable bonds is 1. The molecule has 1 amide bonds. The molecule has 0 spiro atoms. The van der Waals surface area contributed by atoms with Crippen LogP contribution in [0.5, 0.6) is 0 Å². The highest BCUT2D eigenvalue weighted by molar-refractivity contribution is 5.77. The molecule has 98 valence electrons. The number of piperidine rings is 2. The molecule has 1 atom stereocenters. The molecule has 2 fully saturated rings. The number of amides is 1. The lowest BCUT2D eigenvalue weighted by molar-refractivity contribution is -0.254. The van der Waals surface area contributed by atoms with E-state index in [-0.39, 0.29) is 25.0 Å². The number of hydrogen-bond donors (Lipinski definition) is 0. The molecule has 0 radical (unpaired) electrons. The molecule has 2 aliphatic heterocycles. The molecular formula is C11H17F3N2O. The fourth-order valence-electron chi connectivity index (χ4n) is 2.65. The smallest absolute Gasteiger partial charge is 0.338 e. The molecule has 2 rings (SSSR count). The summed E-state index contributed by atoms with van der Waals surface area (Å²) in [6.07, 6.45) is -0.800. The summed E-state index contributed by atoms with van der Waals surface area (Å²) in [4.78, 5) is 13.9. The van der Waals surface area contributed by atoms with Crippen LogP contribution in [0, 0.1) is 0 Å². The van der Waals surface area contributed by atoms with Gasteiger partial charge in [-0.05, 0) is 25.7 Å². The molecule has 2 heterocycles. The van der Waals surface area contributed by atoms with Crippen molar-refractivity contribution in [2.75, 3.05) is 19.6 Å². The quantitative estimate of drug-likeness (QED) is 0.664. The Kier molecular flexibility index (Phi) is 3.61. The molecule has 2 aliphatic rings. The number of hydrogen-bond acceptors (Lipinski definition) is 2. The Morgan fingerprint density at radius 3 is 2.53 bits per heavy atom.